The standard InChI is InChI=1S/C26H36BrN3O4S/c1-19(2)17-28-26(32)21(4)29(18-22-10-12-23(27)13-11-22)25(31)7-6-16-30(35(5,33)34)24-14-8-20(3)9-15-24/h8-15,19,21H,6-7,16-18H2,1-5H3,(H,28,32)/t21-/m0/s1. The Bertz CT molecular complexity index is 1090. The van der Waals surface area contributed by atoms with Crippen LogP contribution in [0.1, 0.15) is 44.7 Å². The predicted octanol–water partition coefficient (Wildman–Crippen LogP) is 4.49. The van der Waals surface area contributed by atoms with Crippen LogP contribution in [0.4, 0.5) is 5.69 Å². The van der Waals surface area contributed by atoms with E-state index in [2.05, 4.69) is 21.2 Å². The molecular formula is C26H36BrN3O4S. The van der Waals surface area contributed by atoms with Gasteiger partial charge in [0.1, 0.15) is 6.04 Å². The summed E-state index contributed by atoms with van der Waals surface area (Å²) >= 11 is 3.42. The molecule has 0 saturated heterocycles. The van der Waals surface area contributed by atoms with E-state index in [1.807, 2.05) is 57.2 Å². The maximum atomic E-state index is 13.3. The molecule has 0 aromatic heterocycles. The number of carbonyl (C=O) groups excluding carboxylic acids is 2. The summed E-state index contributed by atoms with van der Waals surface area (Å²) in [6.07, 6.45) is 1.61. The van der Waals surface area contributed by atoms with Crippen molar-refractivity contribution in [2.75, 3.05) is 23.7 Å². The SMILES string of the molecule is Cc1ccc(N(CCCC(=O)N(Cc2ccc(Br)cc2)[C@@H](C)C(=O)NCC(C)C)S(C)(=O)=O)cc1. The second-order valence-corrected chi connectivity index (χ2v) is 12.1. The van der Waals surface area contributed by atoms with Crippen LogP contribution in [-0.4, -0.2) is 50.5 Å². The van der Waals surface area contributed by atoms with Gasteiger partial charge in [-0.25, -0.2) is 8.42 Å². The van der Waals surface area contributed by atoms with Crippen molar-refractivity contribution in [3.05, 3.63) is 64.1 Å². The molecule has 0 radical (unpaired) electrons. The fourth-order valence-corrected chi connectivity index (χ4v) is 4.77. The third kappa shape index (κ3) is 9.29. The maximum absolute atomic E-state index is 13.3. The lowest BCUT2D eigenvalue weighted by Crippen LogP contribution is -2.48. The Kier molecular flexibility index (Phi) is 10.8. The van der Waals surface area contributed by atoms with E-state index in [1.165, 1.54) is 4.31 Å². The lowest BCUT2D eigenvalue weighted by Gasteiger charge is -2.29. The molecule has 0 bridgehead atoms. The molecular weight excluding hydrogens is 530 g/mol. The first-order valence-corrected chi connectivity index (χ1v) is 14.4. The first kappa shape index (κ1) is 28.8. The van der Waals surface area contributed by atoms with Gasteiger partial charge >= 0.3 is 0 Å². The van der Waals surface area contributed by atoms with Crippen LogP contribution in [0, 0.1) is 12.8 Å². The molecule has 0 aliphatic rings. The Labute approximate surface area is 218 Å². The first-order chi connectivity index (χ1) is 16.4. The van der Waals surface area contributed by atoms with Gasteiger partial charge in [0.15, 0.2) is 0 Å². The molecule has 192 valence electrons. The van der Waals surface area contributed by atoms with Crippen LogP contribution in [0.15, 0.2) is 53.0 Å². The summed E-state index contributed by atoms with van der Waals surface area (Å²) in [4.78, 5) is 27.6. The van der Waals surface area contributed by atoms with E-state index < -0.39 is 16.1 Å². The molecule has 2 aromatic rings. The summed E-state index contributed by atoms with van der Waals surface area (Å²) in [5.74, 6) is -0.107. The number of nitrogens with zero attached hydrogens (tertiary/aromatic N) is 2. The molecule has 1 atom stereocenters. The Morgan fingerprint density at radius 3 is 2.14 bits per heavy atom. The highest BCUT2D eigenvalue weighted by atomic mass is 79.9. The molecule has 0 fully saturated rings. The largest absolute Gasteiger partial charge is 0.354 e. The molecule has 0 aliphatic carbocycles. The second kappa shape index (κ2) is 13.1. The van der Waals surface area contributed by atoms with Crippen LogP contribution >= 0.6 is 15.9 Å². The van der Waals surface area contributed by atoms with Crippen molar-refractivity contribution in [2.24, 2.45) is 5.92 Å². The number of anilines is 1. The van der Waals surface area contributed by atoms with Gasteiger partial charge in [0.05, 0.1) is 11.9 Å². The summed E-state index contributed by atoms with van der Waals surface area (Å²) in [6.45, 7) is 8.68. The van der Waals surface area contributed by atoms with E-state index in [1.54, 1.807) is 24.0 Å². The minimum atomic E-state index is -3.51. The zero-order valence-corrected chi connectivity index (χ0v) is 23.5. The van der Waals surface area contributed by atoms with Crippen molar-refractivity contribution in [1.82, 2.24) is 10.2 Å². The summed E-state index contributed by atoms with van der Waals surface area (Å²) in [5.41, 5.74) is 2.51. The molecule has 0 saturated carbocycles. The molecule has 0 heterocycles. The van der Waals surface area contributed by atoms with Crippen molar-refractivity contribution < 1.29 is 18.0 Å². The minimum Gasteiger partial charge on any atom is -0.354 e. The number of hydrogen-bond acceptors (Lipinski definition) is 4. The van der Waals surface area contributed by atoms with Crippen molar-refractivity contribution >= 4 is 43.5 Å². The highest BCUT2D eigenvalue weighted by Gasteiger charge is 2.26. The van der Waals surface area contributed by atoms with E-state index in [-0.39, 0.29) is 31.3 Å². The van der Waals surface area contributed by atoms with Crippen molar-refractivity contribution in [1.29, 1.82) is 0 Å². The Hall–Kier alpha value is -2.39. The van der Waals surface area contributed by atoms with Gasteiger partial charge in [-0.2, -0.15) is 0 Å². The minimum absolute atomic E-state index is 0.121. The zero-order chi connectivity index (χ0) is 26.2. The number of hydrogen-bond donors (Lipinski definition) is 1. The molecule has 0 aliphatic heterocycles. The van der Waals surface area contributed by atoms with Crippen LogP contribution in [0.2, 0.25) is 0 Å². The van der Waals surface area contributed by atoms with Gasteiger partial charge in [-0.15, -0.1) is 0 Å². The molecule has 2 aromatic carbocycles. The summed E-state index contributed by atoms with van der Waals surface area (Å²) in [6, 6.07) is 14.2. The van der Waals surface area contributed by atoms with Gasteiger partial charge in [0.25, 0.3) is 0 Å². The average molecular weight is 567 g/mol. The Morgan fingerprint density at radius 1 is 1.00 bits per heavy atom. The smallest absolute Gasteiger partial charge is 0.242 e. The van der Waals surface area contributed by atoms with E-state index in [4.69, 9.17) is 0 Å². The van der Waals surface area contributed by atoms with Gasteiger partial charge in [-0.3, -0.25) is 13.9 Å². The number of halogens is 1. The first-order valence-electron chi connectivity index (χ1n) is 11.7. The van der Waals surface area contributed by atoms with Crippen molar-refractivity contribution in [3.8, 4) is 0 Å². The quantitative estimate of drug-likeness (QED) is 0.410. The zero-order valence-electron chi connectivity index (χ0n) is 21.1. The highest BCUT2D eigenvalue weighted by Crippen LogP contribution is 2.20. The van der Waals surface area contributed by atoms with Gasteiger partial charge in [0.2, 0.25) is 21.8 Å². The van der Waals surface area contributed by atoms with Crippen molar-refractivity contribution in [3.63, 3.8) is 0 Å². The van der Waals surface area contributed by atoms with Crippen molar-refractivity contribution in [2.45, 2.75) is 53.1 Å². The lowest BCUT2D eigenvalue weighted by molar-refractivity contribution is -0.140. The maximum Gasteiger partial charge on any atom is 0.242 e. The number of sulfonamides is 1. The number of rotatable bonds is 12. The topological polar surface area (TPSA) is 86.8 Å². The Morgan fingerprint density at radius 2 is 1.60 bits per heavy atom. The molecule has 0 unspecified atom stereocenters. The van der Waals surface area contributed by atoms with Gasteiger partial charge < -0.3 is 10.2 Å². The van der Waals surface area contributed by atoms with E-state index >= 15 is 0 Å². The highest BCUT2D eigenvalue weighted by molar-refractivity contribution is 9.10. The van der Waals surface area contributed by atoms with E-state index in [9.17, 15) is 18.0 Å². The molecule has 35 heavy (non-hydrogen) atoms. The fourth-order valence-electron chi connectivity index (χ4n) is 3.54. The third-order valence-corrected chi connectivity index (χ3v) is 7.31. The molecule has 0 spiro atoms. The second-order valence-electron chi connectivity index (χ2n) is 9.24. The van der Waals surface area contributed by atoms with Crippen LogP contribution in [0.3, 0.4) is 0 Å². The molecule has 1 N–H and O–H groups in total. The van der Waals surface area contributed by atoms with Gasteiger partial charge in [0, 0.05) is 30.5 Å². The van der Waals surface area contributed by atoms with Crippen LogP contribution < -0.4 is 9.62 Å². The van der Waals surface area contributed by atoms with Gasteiger partial charge in [-0.05, 0) is 56.0 Å². The van der Waals surface area contributed by atoms with Gasteiger partial charge in [-0.1, -0.05) is 59.6 Å². The van der Waals surface area contributed by atoms with Crippen LogP contribution in [-0.2, 0) is 26.2 Å². The number of benzene rings is 2. The number of nitrogens with one attached hydrogen (secondary N) is 1. The lowest BCUT2D eigenvalue weighted by atomic mass is 10.1. The van der Waals surface area contributed by atoms with E-state index in [0.29, 0.717) is 24.6 Å². The van der Waals surface area contributed by atoms with Crippen LogP contribution in [0.5, 0.6) is 0 Å². The Balaban J connectivity index is 2.14. The molecule has 2 rings (SSSR count). The molecule has 7 nitrogen and oxygen atoms in total. The average Bonchev–Trinajstić information content (AvgIpc) is 2.79. The summed E-state index contributed by atoms with van der Waals surface area (Å²) < 4.78 is 27.0. The number of carbonyl (C=O) groups is 2. The summed E-state index contributed by atoms with van der Waals surface area (Å²) in [7, 11) is -3.51. The molecule has 2 amide bonds. The summed E-state index contributed by atoms with van der Waals surface area (Å²) in [5, 5.41) is 2.90. The predicted molar refractivity (Wildman–Crippen MR) is 145 cm³/mol. The third-order valence-electron chi connectivity index (χ3n) is 5.59. The van der Waals surface area contributed by atoms with Crippen LogP contribution in [0.25, 0.3) is 0 Å². The fraction of sp³-hybridized carbons (Fsp3) is 0.462. The monoisotopic (exact) mass is 565 g/mol. The van der Waals surface area contributed by atoms with E-state index in [0.717, 1.165) is 21.9 Å². The normalized spacial score (nSPS) is 12.3. The molecule has 9 heteroatoms. The number of aryl methyl sites for hydroxylation is 1. The number of amides is 2.